The molecule has 2 nitrogen and oxygen atoms in total. The molecule has 0 N–H and O–H groups in total. The second kappa shape index (κ2) is 3.62. The maximum Gasteiger partial charge on any atom is 0.203 e. The molecule has 0 spiro atoms. The quantitative estimate of drug-likeness (QED) is 0.654. The van der Waals surface area contributed by atoms with E-state index in [1.165, 1.54) is 0 Å². The molecule has 0 amide bonds. The van der Waals surface area contributed by atoms with Gasteiger partial charge in [-0.25, -0.2) is 0 Å². The molecule has 0 saturated carbocycles. The van der Waals surface area contributed by atoms with Crippen LogP contribution in [0.3, 0.4) is 0 Å². The Morgan fingerprint density at radius 1 is 1.38 bits per heavy atom. The highest BCUT2D eigenvalue weighted by Gasteiger charge is 2.11. The summed E-state index contributed by atoms with van der Waals surface area (Å²) >= 11 is 0. The van der Waals surface area contributed by atoms with Crippen LogP contribution in [0.1, 0.15) is 12.0 Å². The minimum atomic E-state index is -0.153. The van der Waals surface area contributed by atoms with Gasteiger partial charge >= 0.3 is 0 Å². The Balaban J connectivity index is 2.32. The smallest absolute Gasteiger partial charge is 0.203 e. The van der Waals surface area contributed by atoms with Gasteiger partial charge in [-0.05, 0) is 6.07 Å². The highest BCUT2D eigenvalue weighted by molar-refractivity contribution is 5.57. The Hall–Kier alpha value is -1.28. The third-order valence-electron chi connectivity index (χ3n) is 2.07. The lowest BCUT2D eigenvalue weighted by molar-refractivity contribution is -0.0493. The summed E-state index contributed by atoms with van der Waals surface area (Å²) < 4.78 is 10.8. The SMILES string of the molecule is COC1CC=Cc2ccccc2O1. The zero-order valence-corrected chi connectivity index (χ0v) is 7.57. The van der Waals surface area contributed by atoms with E-state index in [1.54, 1.807) is 7.11 Å². The second-order valence-corrected chi connectivity index (χ2v) is 2.96. The molecular formula is C11H12O2. The summed E-state index contributed by atoms with van der Waals surface area (Å²) in [5, 5.41) is 0. The molecule has 1 aliphatic rings. The first kappa shape index (κ1) is 8.32. The topological polar surface area (TPSA) is 18.5 Å². The summed E-state index contributed by atoms with van der Waals surface area (Å²) in [6.07, 6.45) is 4.78. The third kappa shape index (κ3) is 1.73. The van der Waals surface area contributed by atoms with Crippen LogP contribution in [-0.4, -0.2) is 13.4 Å². The van der Waals surface area contributed by atoms with Crippen molar-refractivity contribution < 1.29 is 9.47 Å². The Morgan fingerprint density at radius 2 is 2.23 bits per heavy atom. The molecule has 0 aromatic heterocycles. The molecule has 0 radical (unpaired) electrons. The first-order valence-corrected chi connectivity index (χ1v) is 4.35. The molecule has 2 rings (SSSR count). The number of benzene rings is 1. The molecule has 68 valence electrons. The maximum atomic E-state index is 5.62. The van der Waals surface area contributed by atoms with Crippen LogP contribution < -0.4 is 4.74 Å². The summed E-state index contributed by atoms with van der Waals surface area (Å²) in [7, 11) is 1.66. The van der Waals surface area contributed by atoms with Crippen molar-refractivity contribution in [3.8, 4) is 5.75 Å². The molecule has 0 aliphatic carbocycles. The minimum absolute atomic E-state index is 0.153. The highest BCUT2D eigenvalue weighted by Crippen LogP contribution is 2.24. The number of hydrogen-bond acceptors (Lipinski definition) is 2. The predicted molar refractivity (Wildman–Crippen MR) is 51.5 cm³/mol. The van der Waals surface area contributed by atoms with Crippen LogP contribution in [-0.2, 0) is 4.74 Å². The lowest BCUT2D eigenvalue weighted by atomic mass is 10.2. The van der Waals surface area contributed by atoms with Crippen LogP contribution in [0.2, 0.25) is 0 Å². The molecule has 0 saturated heterocycles. The van der Waals surface area contributed by atoms with Gasteiger partial charge in [0.05, 0.1) is 0 Å². The Morgan fingerprint density at radius 3 is 3.08 bits per heavy atom. The van der Waals surface area contributed by atoms with Gasteiger partial charge in [0.2, 0.25) is 6.29 Å². The van der Waals surface area contributed by atoms with Crippen molar-refractivity contribution in [1.82, 2.24) is 0 Å². The molecule has 0 bridgehead atoms. The summed E-state index contributed by atoms with van der Waals surface area (Å²) in [5.41, 5.74) is 1.11. The molecule has 2 heteroatoms. The average molecular weight is 176 g/mol. The first-order chi connectivity index (χ1) is 6.40. The second-order valence-electron chi connectivity index (χ2n) is 2.96. The van der Waals surface area contributed by atoms with Crippen LogP contribution in [0.25, 0.3) is 6.08 Å². The number of hydrogen-bond donors (Lipinski definition) is 0. The van der Waals surface area contributed by atoms with Crippen molar-refractivity contribution >= 4 is 6.08 Å². The first-order valence-electron chi connectivity index (χ1n) is 4.35. The number of methoxy groups -OCH3 is 1. The lowest BCUT2D eigenvalue weighted by Gasteiger charge is -2.14. The zero-order valence-electron chi connectivity index (χ0n) is 7.57. The Kier molecular flexibility index (Phi) is 2.32. The van der Waals surface area contributed by atoms with Crippen molar-refractivity contribution in [2.75, 3.05) is 7.11 Å². The molecule has 1 heterocycles. The van der Waals surface area contributed by atoms with E-state index in [1.807, 2.05) is 24.3 Å². The number of rotatable bonds is 1. The summed E-state index contributed by atoms with van der Waals surface area (Å²) in [6, 6.07) is 7.95. The van der Waals surface area contributed by atoms with Gasteiger partial charge in [-0.15, -0.1) is 0 Å². The van der Waals surface area contributed by atoms with Gasteiger partial charge in [-0.1, -0.05) is 30.4 Å². The van der Waals surface area contributed by atoms with Crippen molar-refractivity contribution in [3.05, 3.63) is 35.9 Å². The van der Waals surface area contributed by atoms with E-state index in [9.17, 15) is 0 Å². The van der Waals surface area contributed by atoms with Crippen LogP contribution in [0.15, 0.2) is 30.3 Å². The van der Waals surface area contributed by atoms with E-state index in [0.717, 1.165) is 17.7 Å². The van der Waals surface area contributed by atoms with Gasteiger partial charge in [-0.3, -0.25) is 0 Å². The van der Waals surface area contributed by atoms with E-state index in [4.69, 9.17) is 9.47 Å². The summed E-state index contributed by atoms with van der Waals surface area (Å²) in [6.45, 7) is 0. The molecular weight excluding hydrogens is 164 g/mol. The minimum Gasteiger partial charge on any atom is -0.464 e. The van der Waals surface area contributed by atoms with Crippen LogP contribution in [0, 0.1) is 0 Å². The van der Waals surface area contributed by atoms with Crippen molar-refractivity contribution in [2.45, 2.75) is 12.7 Å². The fraction of sp³-hybridized carbons (Fsp3) is 0.273. The van der Waals surface area contributed by atoms with Crippen molar-refractivity contribution in [3.63, 3.8) is 0 Å². The number of fused-ring (bicyclic) bond motifs is 1. The van der Waals surface area contributed by atoms with E-state index in [0.29, 0.717) is 0 Å². The van der Waals surface area contributed by atoms with E-state index < -0.39 is 0 Å². The fourth-order valence-electron chi connectivity index (χ4n) is 1.37. The van der Waals surface area contributed by atoms with Crippen LogP contribution >= 0.6 is 0 Å². The predicted octanol–water partition coefficient (Wildman–Crippen LogP) is 2.45. The molecule has 1 aromatic carbocycles. The van der Waals surface area contributed by atoms with Gasteiger partial charge in [0, 0.05) is 19.1 Å². The van der Waals surface area contributed by atoms with Gasteiger partial charge in [0.15, 0.2) is 0 Å². The Labute approximate surface area is 77.8 Å². The third-order valence-corrected chi connectivity index (χ3v) is 2.07. The van der Waals surface area contributed by atoms with Crippen molar-refractivity contribution in [2.24, 2.45) is 0 Å². The lowest BCUT2D eigenvalue weighted by Crippen LogP contribution is -2.16. The molecule has 13 heavy (non-hydrogen) atoms. The maximum absolute atomic E-state index is 5.62. The molecule has 0 fully saturated rings. The van der Waals surface area contributed by atoms with Crippen LogP contribution in [0.5, 0.6) is 5.75 Å². The highest BCUT2D eigenvalue weighted by atomic mass is 16.7. The fourth-order valence-corrected chi connectivity index (χ4v) is 1.37. The molecule has 1 unspecified atom stereocenters. The summed E-state index contributed by atoms with van der Waals surface area (Å²) in [5.74, 6) is 0.892. The van der Waals surface area contributed by atoms with Gasteiger partial charge in [0.1, 0.15) is 5.75 Å². The number of para-hydroxylation sites is 1. The monoisotopic (exact) mass is 176 g/mol. The van der Waals surface area contributed by atoms with Gasteiger partial charge in [-0.2, -0.15) is 0 Å². The normalized spacial score (nSPS) is 20.2. The Bertz CT molecular complexity index is 318. The summed E-state index contributed by atoms with van der Waals surface area (Å²) in [4.78, 5) is 0. The number of ether oxygens (including phenoxy) is 2. The molecule has 1 atom stereocenters. The van der Waals surface area contributed by atoms with Gasteiger partial charge < -0.3 is 9.47 Å². The molecule has 1 aromatic rings. The van der Waals surface area contributed by atoms with Gasteiger partial charge in [0.25, 0.3) is 0 Å². The van der Waals surface area contributed by atoms with Crippen molar-refractivity contribution in [1.29, 1.82) is 0 Å². The van der Waals surface area contributed by atoms with Crippen LogP contribution in [0.4, 0.5) is 0 Å². The van der Waals surface area contributed by atoms with E-state index in [-0.39, 0.29) is 6.29 Å². The zero-order chi connectivity index (χ0) is 9.10. The van der Waals surface area contributed by atoms with E-state index in [2.05, 4.69) is 12.2 Å². The average Bonchev–Trinajstić information content (AvgIpc) is 2.38. The molecule has 1 aliphatic heterocycles. The van der Waals surface area contributed by atoms with E-state index >= 15 is 0 Å². The largest absolute Gasteiger partial charge is 0.464 e. The standard InChI is InChI=1S/C11H12O2/c1-12-11-8-4-6-9-5-2-3-7-10(9)13-11/h2-7,11H,8H2,1H3.